The summed E-state index contributed by atoms with van der Waals surface area (Å²) in [4.78, 5) is 36.9. The molecule has 0 fully saturated rings. The molecular weight excluding hydrogens is 568 g/mol. The molecule has 2 aromatic rings. The Kier molecular flexibility index (Phi) is 15.8. The molecule has 10 heteroatoms. The fourth-order valence-corrected chi connectivity index (χ4v) is 4.37. The number of unbranched alkanes of at least 4 members (excludes halogenated alkanes) is 10. The Morgan fingerprint density at radius 1 is 0.698 bits per heavy atom. The van der Waals surface area contributed by atoms with E-state index in [1.54, 1.807) is 0 Å². The van der Waals surface area contributed by atoms with Gasteiger partial charge in [0.05, 0.1) is 11.1 Å². The normalized spacial score (nSPS) is 12.0. The van der Waals surface area contributed by atoms with Crippen LogP contribution < -0.4 is 9.47 Å². The van der Waals surface area contributed by atoms with Gasteiger partial charge in [-0.25, -0.2) is 14.0 Å². The van der Waals surface area contributed by atoms with Crippen molar-refractivity contribution in [2.75, 3.05) is 0 Å². The SMILES string of the molecule is CCCCCCCCCC(=O)Oc1ccc(C(=O)Oc2ccc(C(=O)OC(CCCCCCC)C(F)(F)F)cc2)c(F)c1. The van der Waals surface area contributed by atoms with Crippen molar-refractivity contribution in [2.45, 2.75) is 116 Å². The third kappa shape index (κ3) is 13.6. The molecule has 0 amide bonds. The van der Waals surface area contributed by atoms with E-state index in [9.17, 15) is 31.9 Å². The lowest BCUT2D eigenvalue weighted by molar-refractivity contribution is -0.206. The van der Waals surface area contributed by atoms with Crippen LogP contribution in [0.2, 0.25) is 0 Å². The fraction of sp³-hybridized carbons (Fsp3) is 0.545. The summed E-state index contributed by atoms with van der Waals surface area (Å²) in [5.41, 5.74) is -0.573. The summed E-state index contributed by atoms with van der Waals surface area (Å²) in [6.07, 6.45) is 3.89. The second-order valence-corrected chi connectivity index (χ2v) is 10.5. The van der Waals surface area contributed by atoms with E-state index in [1.807, 2.05) is 6.92 Å². The topological polar surface area (TPSA) is 78.9 Å². The summed E-state index contributed by atoms with van der Waals surface area (Å²) in [5, 5.41) is 0. The Hall–Kier alpha value is -3.43. The lowest BCUT2D eigenvalue weighted by atomic mass is 10.1. The predicted molar refractivity (Wildman–Crippen MR) is 155 cm³/mol. The molecule has 2 rings (SSSR count). The van der Waals surface area contributed by atoms with Crippen LogP contribution in [0.4, 0.5) is 17.6 Å². The second-order valence-electron chi connectivity index (χ2n) is 10.5. The van der Waals surface area contributed by atoms with Gasteiger partial charge >= 0.3 is 24.1 Å². The van der Waals surface area contributed by atoms with Crippen molar-refractivity contribution in [1.82, 2.24) is 0 Å². The molecule has 2 aromatic carbocycles. The van der Waals surface area contributed by atoms with Crippen molar-refractivity contribution in [2.24, 2.45) is 0 Å². The number of benzene rings is 2. The summed E-state index contributed by atoms with van der Waals surface area (Å²) in [6, 6.07) is 8.02. The molecule has 0 aliphatic carbocycles. The van der Waals surface area contributed by atoms with Crippen molar-refractivity contribution in [3.8, 4) is 11.5 Å². The lowest BCUT2D eigenvalue weighted by Crippen LogP contribution is -2.33. The molecule has 0 saturated heterocycles. The van der Waals surface area contributed by atoms with Crippen LogP contribution >= 0.6 is 0 Å². The first-order chi connectivity index (χ1) is 20.5. The average Bonchev–Trinajstić information content (AvgIpc) is 2.95. The van der Waals surface area contributed by atoms with Gasteiger partial charge in [0.2, 0.25) is 0 Å². The highest BCUT2D eigenvalue weighted by molar-refractivity contribution is 5.92. The van der Waals surface area contributed by atoms with Crippen molar-refractivity contribution in [3.63, 3.8) is 0 Å². The standard InChI is InChI=1S/C33H42F4O6/c1-3-5-7-9-10-12-14-16-30(38)41-26-21-22-27(28(34)23-26)32(40)42-25-19-17-24(18-20-25)31(39)43-29(33(35,36)37)15-13-11-8-6-4-2/h17-23,29H,3-16H2,1-2H3. The molecule has 43 heavy (non-hydrogen) atoms. The molecule has 0 aliphatic heterocycles. The van der Waals surface area contributed by atoms with Gasteiger partial charge in [-0.2, -0.15) is 13.2 Å². The number of carbonyl (C=O) groups is 3. The summed E-state index contributed by atoms with van der Waals surface area (Å²) < 4.78 is 69.8. The van der Waals surface area contributed by atoms with E-state index in [1.165, 1.54) is 37.5 Å². The van der Waals surface area contributed by atoms with E-state index in [-0.39, 0.29) is 36.3 Å². The number of ether oxygens (including phenoxy) is 3. The van der Waals surface area contributed by atoms with Crippen LogP contribution in [-0.2, 0) is 9.53 Å². The Balaban J connectivity index is 1.87. The van der Waals surface area contributed by atoms with E-state index in [0.29, 0.717) is 12.8 Å². The predicted octanol–water partition coefficient (Wildman–Crippen LogP) is 9.54. The number of esters is 3. The monoisotopic (exact) mass is 610 g/mol. The molecule has 0 aromatic heterocycles. The van der Waals surface area contributed by atoms with Crippen molar-refractivity contribution in [1.29, 1.82) is 0 Å². The number of alkyl halides is 3. The Labute approximate surface area is 251 Å². The summed E-state index contributed by atoms with van der Waals surface area (Å²) >= 11 is 0. The van der Waals surface area contributed by atoms with Gasteiger partial charge in [-0.3, -0.25) is 4.79 Å². The maximum Gasteiger partial charge on any atom is 0.425 e. The highest BCUT2D eigenvalue weighted by Gasteiger charge is 2.42. The van der Waals surface area contributed by atoms with E-state index in [2.05, 4.69) is 6.92 Å². The molecular formula is C33H42F4O6. The van der Waals surface area contributed by atoms with Crippen LogP contribution in [-0.4, -0.2) is 30.2 Å². The van der Waals surface area contributed by atoms with Gasteiger partial charge in [0.25, 0.3) is 0 Å². The molecule has 6 nitrogen and oxygen atoms in total. The highest BCUT2D eigenvalue weighted by atomic mass is 19.4. The molecule has 238 valence electrons. The molecule has 0 radical (unpaired) electrons. The molecule has 0 heterocycles. The maximum absolute atomic E-state index is 14.6. The van der Waals surface area contributed by atoms with Gasteiger partial charge in [-0.1, -0.05) is 78.1 Å². The van der Waals surface area contributed by atoms with Crippen LogP contribution in [0.15, 0.2) is 42.5 Å². The van der Waals surface area contributed by atoms with E-state index >= 15 is 0 Å². The third-order valence-electron chi connectivity index (χ3n) is 6.86. The summed E-state index contributed by atoms with van der Waals surface area (Å²) in [5.74, 6) is -3.75. The minimum Gasteiger partial charge on any atom is -0.449 e. The van der Waals surface area contributed by atoms with Gasteiger partial charge in [0.15, 0.2) is 6.10 Å². The van der Waals surface area contributed by atoms with Gasteiger partial charge in [-0.15, -0.1) is 0 Å². The summed E-state index contributed by atoms with van der Waals surface area (Å²) in [6.45, 7) is 4.15. The molecule has 0 saturated carbocycles. The number of carbonyl (C=O) groups excluding carboxylic acids is 3. The van der Waals surface area contributed by atoms with Crippen molar-refractivity contribution >= 4 is 17.9 Å². The molecule has 0 aliphatic rings. The third-order valence-corrected chi connectivity index (χ3v) is 6.86. The molecule has 1 atom stereocenters. The first-order valence-electron chi connectivity index (χ1n) is 15.1. The maximum atomic E-state index is 14.6. The van der Waals surface area contributed by atoms with E-state index < -0.39 is 41.6 Å². The smallest absolute Gasteiger partial charge is 0.425 e. The van der Waals surface area contributed by atoms with Gasteiger partial charge in [-0.05, 0) is 55.7 Å². The van der Waals surface area contributed by atoms with Crippen LogP contribution in [0.3, 0.4) is 0 Å². The molecule has 0 bridgehead atoms. The Bertz CT molecular complexity index is 1150. The second kappa shape index (κ2) is 19.0. The first-order valence-corrected chi connectivity index (χ1v) is 15.1. The zero-order valence-corrected chi connectivity index (χ0v) is 25.0. The number of hydrogen-bond acceptors (Lipinski definition) is 6. The molecule has 1 unspecified atom stereocenters. The van der Waals surface area contributed by atoms with Gasteiger partial charge in [0.1, 0.15) is 17.3 Å². The number of halogens is 4. The number of rotatable bonds is 19. The van der Waals surface area contributed by atoms with E-state index in [0.717, 1.165) is 62.8 Å². The van der Waals surface area contributed by atoms with Crippen molar-refractivity contribution in [3.05, 3.63) is 59.4 Å². The van der Waals surface area contributed by atoms with Crippen LogP contribution in [0.5, 0.6) is 11.5 Å². The van der Waals surface area contributed by atoms with Crippen LogP contribution in [0.1, 0.15) is 124 Å². The zero-order chi connectivity index (χ0) is 31.7. The summed E-state index contributed by atoms with van der Waals surface area (Å²) in [7, 11) is 0. The zero-order valence-electron chi connectivity index (χ0n) is 25.0. The molecule has 0 spiro atoms. The average molecular weight is 611 g/mol. The lowest BCUT2D eigenvalue weighted by Gasteiger charge is -2.20. The minimum atomic E-state index is -4.69. The highest BCUT2D eigenvalue weighted by Crippen LogP contribution is 2.28. The Morgan fingerprint density at radius 2 is 1.26 bits per heavy atom. The van der Waals surface area contributed by atoms with Gasteiger partial charge < -0.3 is 14.2 Å². The fourth-order valence-electron chi connectivity index (χ4n) is 4.37. The first kappa shape index (κ1) is 35.8. The van der Waals surface area contributed by atoms with Crippen LogP contribution in [0.25, 0.3) is 0 Å². The van der Waals surface area contributed by atoms with Crippen molar-refractivity contribution < 1.29 is 46.2 Å². The minimum absolute atomic E-state index is 0.0389. The Morgan fingerprint density at radius 3 is 1.84 bits per heavy atom. The van der Waals surface area contributed by atoms with Crippen LogP contribution in [0, 0.1) is 5.82 Å². The largest absolute Gasteiger partial charge is 0.449 e. The van der Waals surface area contributed by atoms with Gasteiger partial charge in [0, 0.05) is 12.5 Å². The van der Waals surface area contributed by atoms with E-state index in [4.69, 9.17) is 14.2 Å². The molecule has 0 N–H and O–H groups in total. The quantitative estimate of drug-likeness (QED) is 0.0682. The number of hydrogen-bond donors (Lipinski definition) is 0.